The third kappa shape index (κ3) is 2.56. The molecule has 3 aromatic rings. The summed E-state index contributed by atoms with van der Waals surface area (Å²) in [6.07, 6.45) is -0.564. The van der Waals surface area contributed by atoms with Crippen molar-refractivity contribution in [3.63, 3.8) is 0 Å². The number of benzene rings is 2. The van der Waals surface area contributed by atoms with Gasteiger partial charge in [0.15, 0.2) is 0 Å². The quantitative estimate of drug-likeness (QED) is 0.627. The van der Waals surface area contributed by atoms with Crippen molar-refractivity contribution in [1.29, 1.82) is 0 Å². The molecule has 1 saturated heterocycles. The molecule has 4 rings (SSSR count). The molecule has 2 unspecified atom stereocenters. The molecule has 0 bridgehead atoms. The molecule has 5 heteroatoms. The maximum absolute atomic E-state index is 13.0. The molecule has 2 heterocycles. The number of carbonyl (C=O) groups excluding carboxylic acids is 1. The summed E-state index contributed by atoms with van der Waals surface area (Å²) in [6, 6.07) is 21.1. The second kappa shape index (κ2) is 6.50. The van der Waals surface area contributed by atoms with E-state index in [1.807, 2.05) is 70.9 Å². The van der Waals surface area contributed by atoms with Crippen molar-refractivity contribution in [3.05, 3.63) is 77.0 Å². The third-order valence-electron chi connectivity index (χ3n) is 4.77. The number of methoxy groups -OCH3 is 1. The summed E-state index contributed by atoms with van der Waals surface area (Å²) in [5.74, 6) is 1.41. The minimum absolute atomic E-state index is 0.0464. The van der Waals surface area contributed by atoms with Crippen LogP contribution in [0.1, 0.15) is 11.8 Å². The Hall–Kier alpha value is -2.79. The molecule has 4 nitrogen and oxygen atoms in total. The zero-order chi connectivity index (χ0) is 18.1. The molecule has 0 N–H and O–H groups in total. The lowest BCUT2D eigenvalue weighted by atomic mass is 9.80. The van der Waals surface area contributed by atoms with E-state index in [9.17, 15) is 4.79 Å². The Morgan fingerprint density at radius 2 is 1.69 bits per heavy atom. The van der Waals surface area contributed by atoms with Crippen LogP contribution in [-0.2, 0) is 10.3 Å². The molecule has 2 atom stereocenters. The Bertz CT molecular complexity index is 893. The molecule has 0 spiro atoms. The second-order valence-electron chi connectivity index (χ2n) is 6.31. The van der Waals surface area contributed by atoms with Gasteiger partial charge >= 0.3 is 0 Å². The summed E-state index contributed by atoms with van der Waals surface area (Å²) in [5.41, 5.74) is 0.273. The zero-order valence-corrected chi connectivity index (χ0v) is 15.4. The highest BCUT2D eigenvalue weighted by molar-refractivity contribution is 7.10. The summed E-state index contributed by atoms with van der Waals surface area (Å²) in [5, 5.41) is 2.02. The lowest BCUT2D eigenvalue weighted by Gasteiger charge is -2.54. The largest absolute Gasteiger partial charge is 0.497 e. The monoisotopic (exact) mass is 365 g/mol. The molecule has 2 aromatic carbocycles. The summed E-state index contributed by atoms with van der Waals surface area (Å²) in [4.78, 5) is 15.9. The topological polar surface area (TPSA) is 38.8 Å². The molecular formula is C21H19NO3S. The zero-order valence-electron chi connectivity index (χ0n) is 14.6. The fourth-order valence-corrected chi connectivity index (χ4v) is 4.27. The molecule has 26 heavy (non-hydrogen) atoms. The van der Waals surface area contributed by atoms with E-state index in [0.29, 0.717) is 5.75 Å². The van der Waals surface area contributed by atoms with E-state index >= 15 is 0 Å². The molecule has 1 fully saturated rings. The van der Waals surface area contributed by atoms with Gasteiger partial charge < -0.3 is 9.47 Å². The van der Waals surface area contributed by atoms with Gasteiger partial charge in [0.2, 0.25) is 6.10 Å². The van der Waals surface area contributed by atoms with Crippen molar-refractivity contribution >= 4 is 22.9 Å². The van der Waals surface area contributed by atoms with Crippen LogP contribution in [0.5, 0.6) is 11.5 Å². The third-order valence-corrected chi connectivity index (χ3v) is 5.86. The minimum atomic E-state index is -0.564. The van der Waals surface area contributed by atoms with Gasteiger partial charge in [0, 0.05) is 10.6 Å². The van der Waals surface area contributed by atoms with Crippen molar-refractivity contribution in [3.8, 4) is 11.5 Å². The van der Waals surface area contributed by atoms with E-state index in [4.69, 9.17) is 9.47 Å². The van der Waals surface area contributed by atoms with Gasteiger partial charge in [-0.3, -0.25) is 9.69 Å². The molecule has 132 valence electrons. The summed E-state index contributed by atoms with van der Waals surface area (Å²) in [7, 11) is 1.63. The number of para-hydroxylation sites is 1. The maximum atomic E-state index is 13.0. The first kappa shape index (κ1) is 16.7. The average Bonchev–Trinajstić information content (AvgIpc) is 3.23. The van der Waals surface area contributed by atoms with Crippen molar-refractivity contribution in [2.45, 2.75) is 18.6 Å². The van der Waals surface area contributed by atoms with E-state index in [2.05, 4.69) is 13.0 Å². The predicted molar refractivity (Wildman–Crippen MR) is 103 cm³/mol. The van der Waals surface area contributed by atoms with Gasteiger partial charge in [0.05, 0.1) is 7.11 Å². The van der Waals surface area contributed by atoms with Crippen LogP contribution < -0.4 is 14.4 Å². The Balaban J connectivity index is 1.71. The van der Waals surface area contributed by atoms with Crippen LogP contribution in [-0.4, -0.2) is 19.1 Å². The number of ether oxygens (including phenoxy) is 2. The lowest BCUT2D eigenvalue weighted by Crippen LogP contribution is -2.73. The first-order chi connectivity index (χ1) is 12.6. The Labute approximate surface area is 156 Å². The molecule has 1 aliphatic rings. The van der Waals surface area contributed by atoms with Crippen LogP contribution in [0.3, 0.4) is 0 Å². The summed E-state index contributed by atoms with van der Waals surface area (Å²) >= 11 is 1.63. The molecule has 0 saturated carbocycles. The van der Waals surface area contributed by atoms with Crippen molar-refractivity contribution in [2.24, 2.45) is 0 Å². The highest BCUT2D eigenvalue weighted by Gasteiger charge is 2.61. The second-order valence-corrected chi connectivity index (χ2v) is 7.26. The van der Waals surface area contributed by atoms with E-state index in [1.165, 1.54) is 0 Å². The highest BCUT2D eigenvalue weighted by atomic mass is 32.1. The Kier molecular flexibility index (Phi) is 4.17. The molecular weight excluding hydrogens is 346 g/mol. The number of anilines is 1. The van der Waals surface area contributed by atoms with Gasteiger partial charge in [-0.05, 0) is 54.8 Å². The van der Waals surface area contributed by atoms with Gasteiger partial charge in [0.1, 0.15) is 17.0 Å². The highest BCUT2D eigenvalue weighted by Crippen LogP contribution is 2.48. The van der Waals surface area contributed by atoms with Crippen molar-refractivity contribution < 1.29 is 14.3 Å². The number of hydrogen-bond acceptors (Lipinski definition) is 4. The number of amides is 1. The van der Waals surface area contributed by atoms with E-state index in [0.717, 1.165) is 16.3 Å². The molecule has 0 aliphatic carbocycles. The van der Waals surface area contributed by atoms with Crippen LogP contribution >= 0.6 is 11.3 Å². The first-order valence-electron chi connectivity index (χ1n) is 8.38. The van der Waals surface area contributed by atoms with E-state index in [-0.39, 0.29) is 5.91 Å². The maximum Gasteiger partial charge on any atom is 0.271 e. The number of carbonyl (C=O) groups is 1. The van der Waals surface area contributed by atoms with Gasteiger partial charge in [0.25, 0.3) is 5.91 Å². The van der Waals surface area contributed by atoms with E-state index in [1.54, 1.807) is 18.4 Å². The molecule has 0 radical (unpaired) electrons. The normalized spacial score (nSPS) is 22.0. The first-order valence-corrected chi connectivity index (χ1v) is 9.26. The SMILES string of the molecule is COc1ccc(N2C(=O)C(Oc3ccccc3)C2(C)c2cccs2)cc1. The van der Waals surface area contributed by atoms with Crippen LogP contribution in [0.2, 0.25) is 0 Å². The van der Waals surface area contributed by atoms with Crippen LogP contribution in [0.15, 0.2) is 72.1 Å². The van der Waals surface area contributed by atoms with Crippen LogP contribution in [0.4, 0.5) is 5.69 Å². The standard InChI is InChI=1S/C21H19NO3S/c1-21(18-9-6-14-26-18)19(25-17-7-4-3-5-8-17)20(23)22(21)15-10-12-16(24-2)13-11-15/h3-14,19H,1-2H3. The predicted octanol–water partition coefficient (Wildman–Crippen LogP) is 4.47. The Morgan fingerprint density at radius 1 is 0.962 bits per heavy atom. The van der Waals surface area contributed by atoms with Crippen molar-refractivity contribution in [1.82, 2.24) is 0 Å². The molecule has 1 aromatic heterocycles. The number of rotatable bonds is 5. The molecule has 1 aliphatic heterocycles. The van der Waals surface area contributed by atoms with Gasteiger partial charge in [-0.25, -0.2) is 0 Å². The Morgan fingerprint density at radius 3 is 2.31 bits per heavy atom. The fourth-order valence-electron chi connectivity index (χ4n) is 3.37. The summed E-state index contributed by atoms with van der Waals surface area (Å²) < 4.78 is 11.3. The van der Waals surface area contributed by atoms with Crippen LogP contribution in [0, 0.1) is 0 Å². The number of β-lactam (4-membered cyclic amide) rings is 1. The van der Waals surface area contributed by atoms with E-state index < -0.39 is 11.6 Å². The lowest BCUT2D eigenvalue weighted by molar-refractivity contribution is -0.140. The van der Waals surface area contributed by atoms with Gasteiger partial charge in [-0.15, -0.1) is 11.3 Å². The smallest absolute Gasteiger partial charge is 0.271 e. The van der Waals surface area contributed by atoms with Gasteiger partial charge in [-0.2, -0.15) is 0 Å². The number of nitrogens with zero attached hydrogens (tertiary/aromatic N) is 1. The number of thiophene rings is 1. The van der Waals surface area contributed by atoms with Crippen LogP contribution in [0.25, 0.3) is 0 Å². The average molecular weight is 365 g/mol. The van der Waals surface area contributed by atoms with Crippen molar-refractivity contribution in [2.75, 3.05) is 12.0 Å². The van der Waals surface area contributed by atoms with Gasteiger partial charge in [-0.1, -0.05) is 24.3 Å². The summed E-state index contributed by atoms with van der Waals surface area (Å²) in [6.45, 7) is 2.05. The molecule has 1 amide bonds. The minimum Gasteiger partial charge on any atom is -0.497 e. The fraction of sp³-hybridized carbons (Fsp3) is 0.190. The number of hydrogen-bond donors (Lipinski definition) is 0.